The Balaban J connectivity index is 1.53. The fraction of sp³-hybridized carbons (Fsp3) is 0.167. The van der Waals surface area contributed by atoms with Crippen LogP contribution in [0.2, 0.25) is 10.0 Å². The van der Waals surface area contributed by atoms with Crippen molar-refractivity contribution in [3.05, 3.63) is 99.5 Å². The average molecular weight is 468 g/mol. The van der Waals surface area contributed by atoms with E-state index >= 15 is 0 Å². The summed E-state index contributed by atoms with van der Waals surface area (Å²) in [5.74, 6) is -0.0873. The molecule has 0 spiro atoms. The lowest BCUT2D eigenvalue weighted by molar-refractivity contribution is 0.0934. The topological polar surface area (TPSA) is 68.8 Å². The Morgan fingerprint density at radius 1 is 1.03 bits per heavy atom. The highest BCUT2D eigenvalue weighted by atomic mass is 35.5. The number of rotatable bonds is 7. The highest BCUT2D eigenvalue weighted by molar-refractivity contribution is 6.30. The molecule has 0 saturated heterocycles. The molecule has 0 aliphatic carbocycles. The lowest BCUT2D eigenvalue weighted by Gasteiger charge is -2.26. The predicted octanol–water partition coefficient (Wildman–Crippen LogP) is 4.91. The van der Waals surface area contributed by atoms with Crippen molar-refractivity contribution >= 4 is 41.1 Å². The molecule has 3 N–H and O–H groups in total. The first-order valence-corrected chi connectivity index (χ1v) is 11.0. The second-order valence-corrected chi connectivity index (χ2v) is 8.51. The molecule has 1 aliphatic heterocycles. The Labute approximate surface area is 197 Å². The van der Waals surface area contributed by atoms with Crippen molar-refractivity contribution < 1.29 is 4.79 Å². The number of anilines is 1. The summed E-state index contributed by atoms with van der Waals surface area (Å²) in [6.07, 6.45) is 2.35. The van der Waals surface area contributed by atoms with Gasteiger partial charge in [-0.2, -0.15) is 5.10 Å². The standard InChI is InChI=1S/C24H23Cl2N5O/c1-16(28-24(32)19-3-2-4-22(14-19)31-15-27-29-30-31)23(18-7-11-21(26)12-8-18)13-17-5-9-20(25)10-6-17/h2-12,14-16,23,29-30H,13H2,1H3,(H,28,32)/t16-,23+/m1/s1. The van der Waals surface area contributed by atoms with E-state index < -0.39 is 0 Å². The maximum absolute atomic E-state index is 13.1. The summed E-state index contributed by atoms with van der Waals surface area (Å²) in [4.78, 5) is 13.1. The Morgan fingerprint density at radius 2 is 1.72 bits per heavy atom. The molecule has 3 aromatic carbocycles. The monoisotopic (exact) mass is 467 g/mol. The molecule has 0 bridgehead atoms. The third-order valence-corrected chi connectivity index (χ3v) is 5.93. The van der Waals surface area contributed by atoms with Crippen LogP contribution in [0.1, 0.15) is 34.3 Å². The van der Waals surface area contributed by atoms with Crippen molar-refractivity contribution in [2.24, 2.45) is 5.10 Å². The van der Waals surface area contributed by atoms with Crippen LogP contribution < -0.4 is 21.4 Å². The Morgan fingerprint density at radius 3 is 2.38 bits per heavy atom. The van der Waals surface area contributed by atoms with Crippen LogP contribution >= 0.6 is 23.2 Å². The molecule has 0 radical (unpaired) electrons. The third-order valence-electron chi connectivity index (χ3n) is 5.42. The van der Waals surface area contributed by atoms with Gasteiger partial charge in [-0.25, -0.2) is 10.5 Å². The van der Waals surface area contributed by atoms with Gasteiger partial charge >= 0.3 is 0 Å². The quantitative estimate of drug-likeness (QED) is 0.461. The van der Waals surface area contributed by atoms with E-state index in [4.69, 9.17) is 23.2 Å². The number of halogens is 2. The van der Waals surface area contributed by atoms with Gasteiger partial charge in [0.1, 0.15) is 6.34 Å². The van der Waals surface area contributed by atoms with Gasteiger partial charge in [-0.1, -0.05) is 53.5 Å². The van der Waals surface area contributed by atoms with E-state index in [0.29, 0.717) is 15.6 Å². The van der Waals surface area contributed by atoms with Crippen LogP contribution in [0.5, 0.6) is 0 Å². The SMILES string of the molecule is C[C@@H](NC(=O)c1cccc(N2C=NNN2)c1)[C@H](Cc1ccc(Cl)cc1)c1ccc(Cl)cc1. The Hall–Kier alpha value is -3.06. The van der Waals surface area contributed by atoms with Gasteiger partial charge in [-0.3, -0.25) is 4.79 Å². The normalized spacial score (nSPS) is 14.7. The smallest absolute Gasteiger partial charge is 0.251 e. The van der Waals surface area contributed by atoms with Crippen LogP contribution in [-0.2, 0) is 6.42 Å². The number of nitrogens with zero attached hydrogens (tertiary/aromatic N) is 2. The maximum Gasteiger partial charge on any atom is 0.251 e. The van der Waals surface area contributed by atoms with Crippen molar-refractivity contribution in [1.29, 1.82) is 0 Å². The first-order chi connectivity index (χ1) is 15.5. The molecule has 1 amide bonds. The highest BCUT2D eigenvalue weighted by Crippen LogP contribution is 2.27. The minimum absolute atomic E-state index is 0.0529. The minimum Gasteiger partial charge on any atom is -0.349 e. The molecule has 0 unspecified atom stereocenters. The summed E-state index contributed by atoms with van der Waals surface area (Å²) < 4.78 is 0. The van der Waals surface area contributed by atoms with Crippen LogP contribution in [0.3, 0.4) is 0 Å². The molecular formula is C24H23Cl2N5O. The molecule has 2 atom stereocenters. The molecule has 1 heterocycles. The van der Waals surface area contributed by atoms with Crippen molar-refractivity contribution in [2.75, 3.05) is 5.01 Å². The lowest BCUT2D eigenvalue weighted by Crippen LogP contribution is -2.39. The number of hydrazine groups is 2. The molecule has 6 nitrogen and oxygen atoms in total. The number of hydrogen-bond donors (Lipinski definition) is 3. The molecule has 4 rings (SSSR count). The summed E-state index contributed by atoms with van der Waals surface area (Å²) >= 11 is 12.1. The van der Waals surface area contributed by atoms with Gasteiger partial charge in [0.25, 0.3) is 5.91 Å². The molecule has 1 aliphatic rings. The molecule has 0 saturated carbocycles. The number of hydrogen-bond acceptors (Lipinski definition) is 5. The number of nitrogens with one attached hydrogen (secondary N) is 3. The molecule has 0 aromatic heterocycles. The van der Waals surface area contributed by atoms with Gasteiger partial charge < -0.3 is 5.32 Å². The number of amides is 1. The first-order valence-electron chi connectivity index (χ1n) is 10.2. The van der Waals surface area contributed by atoms with Crippen LogP contribution in [-0.4, -0.2) is 18.3 Å². The van der Waals surface area contributed by atoms with E-state index in [-0.39, 0.29) is 17.9 Å². The maximum atomic E-state index is 13.1. The van der Waals surface area contributed by atoms with E-state index in [1.165, 1.54) is 0 Å². The number of carbonyl (C=O) groups is 1. The predicted molar refractivity (Wildman–Crippen MR) is 130 cm³/mol. The second kappa shape index (κ2) is 10.0. The van der Waals surface area contributed by atoms with Crippen molar-refractivity contribution in [1.82, 2.24) is 16.4 Å². The summed E-state index contributed by atoms with van der Waals surface area (Å²) in [6.45, 7) is 2.02. The van der Waals surface area contributed by atoms with E-state index in [1.54, 1.807) is 17.4 Å². The van der Waals surface area contributed by atoms with Crippen molar-refractivity contribution in [3.8, 4) is 0 Å². The number of benzene rings is 3. The van der Waals surface area contributed by atoms with Crippen molar-refractivity contribution in [2.45, 2.75) is 25.3 Å². The van der Waals surface area contributed by atoms with Crippen molar-refractivity contribution in [3.63, 3.8) is 0 Å². The zero-order valence-corrected chi connectivity index (χ0v) is 18.9. The summed E-state index contributed by atoms with van der Waals surface area (Å²) in [5.41, 5.74) is 9.12. The van der Waals surface area contributed by atoms with E-state index in [0.717, 1.165) is 23.2 Å². The lowest BCUT2D eigenvalue weighted by atomic mass is 9.86. The van der Waals surface area contributed by atoms with Crippen LogP contribution in [0.15, 0.2) is 77.9 Å². The molecule has 164 valence electrons. The van der Waals surface area contributed by atoms with Gasteiger partial charge in [0.05, 0.1) is 5.69 Å². The van der Waals surface area contributed by atoms with Gasteiger partial charge in [-0.05, 0) is 66.9 Å². The summed E-state index contributed by atoms with van der Waals surface area (Å²) in [5, 5.41) is 10.1. The molecule has 0 fully saturated rings. The number of carbonyl (C=O) groups excluding carboxylic acids is 1. The first kappa shape index (κ1) is 22.1. The Bertz CT molecular complexity index is 1100. The summed E-state index contributed by atoms with van der Waals surface area (Å²) in [6, 6.07) is 22.8. The molecular weight excluding hydrogens is 445 g/mol. The van der Waals surface area contributed by atoms with Gasteiger partial charge in [0, 0.05) is 27.6 Å². The van der Waals surface area contributed by atoms with Gasteiger partial charge in [-0.15, -0.1) is 5.53 Å². The second-order valence-electron chi connectivity index (χ2n) is 7.64. The van der Waals surface area contributed by atoms with Crippen LogP contribution in [0.4, 0.5) is 5.69 Å². The van der Waals surface area contributed by atoms with Gasteiger partial charge in [0.2, 0.25) is 0 Å². The zero-order valence-electron chi connectivity index (χ0n) is 17.4. The molecule has 32 heavy (non-hydrogen) atoms. The summed E-state index contributed by atoms with van der Waals surface area (Å²) in [7, 11) is 0. The minimum atomic E-state index is -0.140. The van der Waals surface area contributed by atoms with Crippen LogP contribution in [0, 0.1) is 0 Å². The molecule has 3 aromatic rings. The number of hydrazone groups is 1. The fourth-order valence-corrected chi connectivity index (χ4v) is 3.94. The van der Waals surface area contributed by atoms with E-state index in [9.17, 15) is 4.79 Å². The zero-order chi connectivity index (χ0) is 22.5. The Kier molecular flexibility index (Phi) is 6.95. The largest absolute Gasteiger partial charge is 0.349 e. The van der Waals surface area contributed by atoms with Crippen LogP contribution in [0.25, 0.3) is 0 Å². The highest BCUT2D eigenvalue weighted by Gasteiger charge is 2.23. The van der Waals surface area contributed by atoms with E-state index in [2.05, 4.69) is 21.5 Å². The van der Waals surface area contributed by atoms with Gasteiger partial charge in [0.15, 0.2) is 0 Å². The average Bonchev–Trinajstić information content (AvgIpc) is 3.34. The fourth-order valence-electron chi connectivity index (χ4n) is 3.68. The van der Waals surface area contributed by atoms with E-state index in [1.807, 2.05) is 73.7 Å². The third kappa shape index (κ3) is 5.40. The molecule has 8 heteroatoms.